The lowest BCUT2D eigenvalue weighted by Crippen LogP contribution is -2.28. The quantitative estimate of drug-likeness (QED) is 0.759. The second-order valence-corrected chi connectivity index (χ2v) is 7.72. The van der Waals surface area contributed by atoms with Crippen LogP contribution in [0.15, 0.2) is 30.5 Å². The normalized spacial score (nSPS) is 19.3. The Balaban J connectivity index is 1.58. The lowest BCUT2D eigenvalue weighted by Gasteiger charge is -2.13. The molecule has 1 aromatic heterocycles. The van der Waals surface area contributed by atoms with Crippen LogP contribution in [0.3, 0.4) is 0 Å². The number of hydrogen-bond donors (Lipinski definition) is 2. The molecule has 2 atom stereocenters. The van der Waals surface area contributed by atoms with Crippen molar-refractivity contribution in [1.29, 1.82) is 0 Å². The summed E-state index contributed by atoms with van der Waals surface area (Å²) in [6.45, 7) is 0. The molecule has 1 aliphatic rings. The summed E-state index contributed by atoms with van der Waals surface area (Å²) in [5.41, 5.74) is 7.54. The van der Waals surface area contributed by atoms with Gasteiger partial charge >= 0.3 is 5.97 Å². The molecular formula is C19H23N3O3S. The number of esters is 1. The van der Waals surface area contributed by atoms with E-state index < -0.39 is 0 Å². The highest BCUT2D eigenvalue weighted by atomic mass is 32.1. The summed E-state index contributed by atoms with van der Waals surface area (Å²) in [4.78, 5) is 29.1. The summed E-state index contributed by atoms with van der Waals surface area (Å²) in [6, 6.07) is 7.45. The van der Waals surface area contributed by atoms with E-state index in [-0.39, 0.29) is 23.8 Å². The number of amides is 1. The minimum atomic E-state index is -0.353. The van der Waals surface area contributed by atoms with Crippen LogP contribution in [0.1, 0.15) is 46.5 Å². The lowest BCUT2D eigenvalue weighted by atomic mass is 10.00. The molecule has 0 unspecified atom stereocenters. The van der Waals surface area contributed by atoms with Crippen molar-refractivity contribution in [2.24, 2.45) is 11.7 Å². The molecule has 7 heteroatoms. The van der Waals surface area contributed by atoms with E-state index in [0.717, 1.165) is 29.7 Å². The van der Waals surface area contributed by atoms with Gasteiger partial charge in [0.2, 0.25) is 5.91 Å². The summed E-state index contributed by atoms with van der Waals surface area (Å²) in [5, 5.41) is 3.47. The molecule has 1 saturated carbocycles. The zero-order chi connectivity index (χ0) is 18.5. The first-order chi connectivity index (χ1) is 12.5. The SMILES string of the molecule is COC(=O)c1cccc(Cc2cnc(NC(=O)C[C@@H]3CCC[C@H]3N)s2)c1. The van der Waals surface area contributed by atoms with Gasteiger partial charge in [0.15, 0.2) is 5.13 Å². The molecule has 0 aliphatic heterocycles. The standard InChI is InChI=1S/C19H23N3O3S/c1-25-18(24)14-6-2-4-12(8-14)9-15-11-21-19(26-15)22-17(23)10-13-5-3-7-16(13)20/h2,4,6,8,11,13,16H,3,5,7,9-10,20H2,1H3,(H,21,22,23)/t13-,16+/m0/s1. The molecule has 138 valence electrons. The van der Waals surface area contributed by atoms with E-state index in [1.165, 1.54) is 18.4 Å². The molecule has 0 radical (unpaired) electrons. The van der Waals surface area contributed by atoms with Gasteiger partial charge in [0.25, 0.3) is 0 Å². The fourth-order valence-corrected chi connectivity index (χ4v) is 4.16. The molecule has 1 aliphatic carbocycles. The molecule has 6 nitrogen and oxygen atoms in total. The molecule has 0 saturated heterocycles. The third-order valence-corrected chi connectivity index (χ3v) is 5.60. The fourth-order valence-electron chi connectivity index (χ4n) is 3.30. The summed E-state index contributed by atoms with van der Waals surface area (Å²) in [5.74, 6) is -0.106. The second kappa shape index (κ2) is 8.42. The minimum absolute atomic E-state index is 0.0269. The lowest BCUT2D eigenvalue weighted by molar-refractivity contribution is -0.117. The van der Waals surface area contributed by atoms with Crippen molar-refractivity contribution in [2.45, 2.75) is 38.1 Å². The Morgan fingerprint density at radius 1 is 1.38 bits per heavy atom. The van der Waals surface area contributed by atoms with Gasteiger partial charge in [-0.15, -0.1) is 11.3 Å². The topological polar surface area (TPSA) is 94.3 Å². The smallest absolute Gasteiger partial charge is 0.337 e. The van der Waals surface area contributed by atoms with E-state index in [4.69, 9.17) is 10.5 Å². The average molecular weight is 373 g/mol. The third-order valence-electron chi connectivity index (χ3n) is 4.69. The van der Waals surface area contributed by atoms with Gasteiger partial charge in [-0.1, -0.05) is 18.6 Å². The van der Waals surface area contributed by atoms with Gasteiger partial charge < -0.3 is 15.8 Å². The van der Waals surface area contributed by atoms with E-state index >= 15 is 0 Å². The van der Waals surface area contributed by atoms with E-state index in [1.54, 1.807) is 12.3 Å². The molecule has 1 heterocycles. The first-order valence-corrected chi connectivity index (χ1v) is 9.54. The number of anilines is 1. The van der Waals surface area contributed by atoms with Crippen molar-refractivity contribution in [3.8, 4) is 0 Å². The van der Waals surface area contributed by atoms with Crippen LogP contribution >= 0.6 is 11.3 Å². The van der Waals surface area contributed by atoms with Crippen LogP contribution in [-0.2, 0) is 16.0 Å². The number of thiazole rings is 1. The van der Waals surface area contributed by atoms with Crippen molar-refractivity contribution >= 4 is 28.3 Å². The number of aromatic nitrogens is 1. The number of hydrogen-bond acceptors (Lipinski definition) is 6. The number of nitrogens with zero attached hydrogens (tertiary/aromatic N) is 1. The third kappa shape index (κ3) is 4.68. The Hall–Kier alpha value is -2.25. The van der Waals surface area contributed by atoms with Crippen LogP contribution in [0.25, 0.3) is 0 Å². The molecule has 0 bridgehead atoms. The molecule has 0 spiro atoms. The second-order valence-electron chi connectivity index (χ2n) is 6.61. The fraction of sp³-hybridized carbons (Fsp3) is 0.421. The van der Waals surface area contributed by atoms with Crippen LogP contribution in [0, 0.1) is 5.92 Å². The monoisotopic (exact) mass is 373 g/mol. The molecule has 3 rings (SSSR count). The highest BCUT2D eigenvalue weighted by molar-refractivity contribution is 7.15. The Bertz CT molecular complexity index is 790. The summed E-state index contributed by atoms with van der Waals surface area (Å²) in [6.07, 6.45) is 5.99. The summed E-state index contributed by atoms with van der Waals surface area (Å²) < 4.78 is 4.75. The number of methoxy groups -OCH3 is 1. The van der Waals surface area contributed by atoms with E-state index in [9.17, 15) is 9.59 Å². The number of nitrogens with one attached hydrogen (secondary N) is 1. The number of nitrogens with two attached hydrogens (primary N) is 1. The maximum atomic E-state index is 12.2. The van der Waals surface area contributed by atoms with E-state index in [1.807, 2.05) is 18.2 Å². The molecule has 3 N–H and O–H groups in total. The van der Waals surface area contributed by atoms with Crippen LogP contribution < -0.4 is 11.1 Å². The minimum Gasteiger partial charge on any atom is -0.465 e. The molecule has 26 heavy (non-hydrogen) atoms. The number of benzene rings is 1. The van der Waals surface area contributed by atoms with Crippen molar-refractivity contribution in [3.63, 3.8) is 0 Å². The predicted octanol–water partition coefficient (Wildman–Crippen LogP) is 2.98. The van der Waals surface area contributed by atoms with Crippen LogP contribution in [0.4, 0.5) is 5.13 Å². The van der Waals surface area contributed by atoms with Crippen molar-refractivity contribution in [1.82, 2.24) is 4.98 Å². The molecule has 1 fully saturated rings. The summed E-state index contributed by atoms with van der Waals surface area (Å²) >= 11 is 1.44. The highest BCUT2D eigenvalue weighted by Gasteiger charge is 2.26. The first kappa shape index (κ1) is 18.5. The van der Waals surface area contributed by atoms with E-state index in [0.29, 0.717) is 23.5 Å². The van der Waals surface area contributed by atoms with Crippen molar-refractivity contribution in [3.05, 3.63) is 46.5 Å². The predicted molar refractivity (Wildman–Crippen MR) is 101 cm³/mol. The van der Waals surface area contributed by atoms with Gasteiger partial charge in [-0.05, 0) is 36.5 Å². The van der Waals surface area contributed by atoms with Gasteiger partial charge in [0, 0.05) is 30.0 Å². The average Bonchev–Trinajstić information content (AvgIpc) is 3.23. The molecule has 2 aromatic rings. The largest absolute Gasteiger partial charge is 0.465 e. The molecule has 1 aromatic carbocycles. The van der Waals surface area contributed by atoms with Crippen LogP contribution in [0.2, 0.25) is 0 Å². The van der Waals surface area contributed by atoms with E-state index in [2.05, 4.69) is 10.3 Å². The highest BCUT2D eigenvalue weighted by Crippen LogP contribution is 2.28. The van der Waals surface area contributed by atoms with Crippen molar-refractivity contribution in [2.75, 3.05) is 12.4 Å². The van der Waals surface area contributed by atoms with Crippen molar-refractivity contribution < 1.29 is 14.3 Å². The number of carbonyl (C=O) groups excluding carboxylic acids is 2. The Labute approximate surface area is 156 Å². The Kier molecular flexibility index (Phi) is 6.00. The van der Waals surface area contributed by atoms with Crippen LogP contribution in [-0.4, -0.2) is 30.0 Å². The summed E-state index contributed by atoms with van der Waals surface area (Å²) in [7, 11) is 1.37. The van der Waals surface area contributed by atoms with Gasteiger partial charge in [-0.3, -0.25) is 4.79 Å². The van der Waals surface area contributed by atoms with Gasteiger partial charge in [-0.25, -0.2) is 9.78 Å². The number of ether oxygens (including phenoxy) is 1. The Morgan fingerprint density at radius 3 is 2.96 bits per heavy atom. The van der Waals surface area contributed by atoms with Gasteiger partial charge in [0.05, 0.1) is 12.7 Å². The zero-order valence-corrected chi connectivity index (χ0v) is 15.6. The number of rotatable bonds is 6. The molecular weight excluding hydrogens is 350 g/mol. The Morgan fingerprint density at radius 2 is 2.23 bits per heavy atom. The maximum Gasteiger partial charge on any atom is 0.337 e. The first-order valence-electron chi connectivity index (χ1n) is 8.72. The molecule has 1 amide bonds. The van der Waals surface area contributed by atoms with Gasteiger partial charge in [-0.2, -0.15) is 0 Å². The van der Waals surface area contributed by atoms with Crippen LogP contribution in [0.5, 0.6) is 0 Å². The zero-order valence-electron chi connectivity index (χ0n) is 14.7. The van der Waals surface area contributed by atoms with Gasteiger partial charge in [0.1, 0.15) is 0 Å². The number of carbonyl (C=O) groups is 2. The maximum absolute atomic E-state index is 12.2.